The van der Waals surface area contributed by atoms with E-state index in [0.717, 1.165) is 17.5 Å². The van der Waals surface area contributed by atoms with Gasteiger partial charge in [-0.05, 0) is 62.6 Å². The standard InChI is InChI=1S/C24H27NO4/c1-5-14-25-21(19-9-7-6-8-16(19)4)20(23(27)24(25)28)22(26)17-10-12-18(13-11-17)29-15(2)3/h6-13,15,21,26H,5,14H2,1-4H3/b22-20-. The molecule has 1 saturated heterocycles. The second-order valence-corrected chi connectivity index (χ2v) is 7.54. The van der Waals surface area contributed by atoms with E-state index < -0.39 is 17.7 Å². The number of Topliss-reactive ketones (excluding diaryl/α,β-unsaturated/α-hetero) is 1. The van der Waals surface area contributed by atoms with Crippen molar-refractivity contribution in [3.8, 4) is 5.75 Å². The van der Waals surface area contributed by atoms with Crippen LogP contribution in [0.25, 0.3) is 5.76 Å². The van der Waals surface area contributed by atoms with Gasteiger partial charge in [-0.1, -0.05) is 31.2 Å². The van der Waals surface area contributed by atoms with E-state index in [1.165, 1.54) is 0 Å². The summed E-state index contributed by atoms with van der Waals surface area (Å²) >= 11 is 0. The Morgan fingerprint density at radius 2 is 1.76 bits per heavy atom. The Bertz CT molecular complexity index is 944. The van der Waals surface area contributed by atoms with Gasteiger partial charge in [-0.25, -0.2) is 0 Å². The second-order valence-electron chi connectivity index (χ2n) is 7.54. The number of carbonyl (C=O) groups excluding carboxylic acids is 2. The predicted octanol–water partition coefficient (Wildman–Crippen LogP) is 4.61. The molecule has 0 spiro atoms. The normalized spacial score (nSPS) is 18.5. The van der Waals surface area contributed by atoms with Gasteiger partial charge in [0.2, 0.25) is 0 Å². The summed E-state index contributed by atoms with van der Waals surface area (Å²) in [5, 5.41) is 11.0. The van der Waals surface area contributed by atoms with Gasteiger partial charge in [0.25, 0.3) is 11.7 Å². The molecule has 5 nitrogen and oxygen atoms in total. The van der Waals surface area contributed by atoms with Gasteiger partial charge in [-0.15, -0.1) is 0 Å². The highest BCUT2D eigenvalue weighted by molar-refractivity contribution is 6.46. The van der Waals surface area contributed by atoms with Crippen molar-refractivity contribution in [3.63, 3.8) is 0 Å². The van der Waals surface area contributed by atoms with Crippen LogP contribution in [0.15, 0.2) is 54.1 Å². The Morgan fingerprint density at radius 1 is 1.10 bits per heavy atom. The SMILES string of the molecule is CCCN1C(=O)C(=O)/C(=C(\O)c2ccc(OC(C)C)cc2)C1c1ccccc1C. The lowest BCUT2D eigenvalue weighted by atomic mass is 9.92. The zero-order valence-corrected chi connectivity index (χ0v) is 17.3. The van der Waals surface area contributed by atoms with Crippen molar-refractivity contribution in [3.05, 3.63) is 70.8 Å². The molecule has 1 aliphatic heterocycles. The number of amides is 1. The number of ether oxygens (including phenoxy) is 1. The monoisotopic (exact) mass is 393 g/mol. The van der Waals surface area contributed by atoms with E-state index in [-0.39, 0.29) is 17.4 Å². The molecule has 0 saturated carbocycles. The fraction of sp³-hybridized carbons (Fsp3) is 0.333. The maximum atomic E-state index is 12.9. The zero-order chi connectivity index (χ0) is 21.1. The highest BCUT2D eigenvalue weighted by atomic mass is 16.5. The number of rotatable bonds is 6. The Kier molecular flexibility index (Phi) is 6.06. The number of hydrogen-bond donors (Lipinski definition) is 1. The van der Waals surface area contributed by atoms with Crippen molar-refractivity contribution < 1.29 is 19.4 Å². The van der Waals surface area contributed by atoms with Crippen LogP contribution in [-0.2, 0) is 9.59 Å². The molecule has 2 aromatic carbocycles. The fourth-order valence-electron chi connectivity index (χ4n) is 3.69. The molecule has 1 N–H and O–H groups in total. The largest absolute Gasteiger partial charge is 0.507 e. The van der Waals surface area contributed by atoms with Crippen LogP contribution in [0.3, 0.4) is 0 Å². The fourth-order valence-corrected chi connectivity index (χ4v) is 3.69. The van der Waals surface area contributed by atoms with Gasteiger partial charge in [0.05, 0.1) is 17.7 Å². The van der Waals surface area contributed by atoms with E-state index in [0.29, 0.717) is 17.9 Å². The number of likely N-dealkylation sites (tertiary alicyclic amines) is 1. The number of benzene rings is 2. The van der Waals surface area contributed by atoms with Crippen LogP contribution in [0.4, 0.5) is 0 Å². The van der Waals surface area contributed by atoms with Crippen LogP contribution in [0.2, 0.25) is 0 Å². The number of ketones is 1. The minimum Gasteiger partial charge on any atom is -0.507 e. The Balaban J connectivity index is 2.11. The van der Waals surface area contributed by atoms with Crippen LogP contribution in [0.1, 0.15) is 49.9 Å². The van der Waals surface area contributed by atoms with Crippen LogP contribution in [0.5, 0.6) is 5.75 Å². The Hall–Kier alpha value is -3.08. The first-order valence-corrected chi connectivity index (χ1v) is 9.96. The summed E-state index contributed by atoms with van der Waals surface area (Å²) in [5.41, 5.74) is 2.43. The third-order valence-corrected chi connectivity index (χ3v) is 4.99. The highest BCUT2D eigenvalue weighted by Gasteiger charge is 2.46. The molecule has 1 amide bonds. The minimum atomic E-state index is -0.647. The van der Waals surface area contributed by atoms with Crippen molar-refractivity contribution in [1.82, 2.24) is 4.90 Å². The molecular weight excluding hydrogens is 366 g/mol. The lowest BCUT2D eigenvalue weighted by Crippen LogP contribution is -2.30. The summed E-state index contributed by atoms with van der Waals surface area (Å²) in [6, 6.07) is 14.0. The summed E-state index contributed by atoms with van der Waals surface area (Å²) in [6.45, 7) is 8.22. The third kappa shape index (κ3) is 4.04. The highest BCUT2D eigenvalue weighted by Crippen LogP contribution is 2.40. The molecule has 1 heterocycles. The van der Waals surface area contributed by atoms with Crippen LogP contribution in [0, 0.1) is 6.92 Å². The van der Waals surface area contributed by atoms with Crippen molar-refractivity contribution in [2.75, 3.05) is 6.54 Å². The molecular formula is C24H27NO4. The number of aliphatic hydroxyl groups is 1. The number of aryl methyl sites for hydroxylation is 1. The number of aliphatic hydroxyl groups excluding tert-OH is 1. The molecule has 3 rings (SSSR count). The summed E-state index contributed by atoms with van der Waals surface area (Å²) in [7, 11) is 0. The van der Waals surface area contributed by atoms with E-state index in [1.807, 2.05) is 52.0 Å². The molecule has 5 heteroatoms. The van der Waals surface area contributed by atoms with E-state index >= 15 is 0 Å². The van der Waals surface area contributed by atoms with Gasteiger partial charge in [-0.3, -0.25) is 9.59 Å². The summed E-state index contributed by atoms with van der Waals surface area (Å²) < 4.78 is 5.64. The van der Waals surface area contributed by atoms with Gasteiger partial charge in [-0.2, -0.15) is 0 Å². The molecule has 2 aromatic rings. The lowest BCUT2D eigenvalue weighted by molar-refractivity contribution is -0.139. The van der Waals surface area contributed by atoms with Crippen LogP contribution < -0.4 is 4.74 Å². The average molecular weight is 393 g/mol. The molecule has 152 valence electrons. The molecule has 0 bridgehead atoms. The van der Waals surface area contributed by atoms with Crippen LogP contribution in [-0.4, -0.2) is 34.3 Å². The van der Waals surface area contributed by atoms with Crippen molar-refractivity contribution >= 4 is 17.4 Å². The van der Waals surface area contributed by atoms with E-state index in [4.69, 9.17) is 4.74 Å². The minimum absolute atomic E-state index is 0.0369. The Labute approximate surface area is 171 Å². The molecule has 1 aliphatic rings. The number of carbonyl (C=O) groups is 2. The molecule has 0 aromatic heterocycles. The topological polar surface area (TPSA) is 66.8 Å². The summed E-state index contributed by atoms with van der Waals surface area (Å²) in [5.74, 6) is -0.696. The molecule has 1 atom stereocenters. The maximum absolute atomic E-state index is 12.9. The van der Waals surface area contributed by atoms with Gasteiger partial charge in [0, 0.05) is 12.1 Å². The van der Waals surface area contributed by atoms with Gasteiger partial charge >= 0.3 is 0 Å². The van der Waals surface area contributed by atoms with E-state index in [9.17, 15) is 14.7 Å². The predicted molar refractivity (Wildman–Crippen MR) is 113 cm³/mol. The van der Waals surface area contributed by atoms with E-state index in [2.05, 4.69) is 0 Å². The quantitative estimate of drug-likeness (QED) is 0.442. The van der Waals surface area contributed by atoms with Crippen molar-refractivity contribution in [1.29, 1.82) is 0 Å². The molecule has 1 unspecified atom stereocenters. The maximum Gasteiger partial charge on any atom is 0.295 e. The molecule has 1 fully saturated rings. The molecule has 0 aliphatic carbocycles. The van der Waals surface area contributed by atoms with Gasteiger partial charge in [0.1, 0.15) is 11.5 Å². The summed E-state index contributed by atoms with van der Waals surface area (Å²) in [6.07, 6.45) is 0.756. The first kappa shape index (κ1) is 20.6. The van der Waals surface area contributed by atoms with Crippen LogP contribution >= 0.6 is 0 Å². The van der Waals surface area contributed by atoms with Gasteiger partial charge in [0.15, 0.2) is 0 Å². The van der Waals surface area contributed by atoms with Crippen molar-refractivity contribution in [2.45, 2.75) is 46.3 Å². The lowest BCUT2D eigenvalue weighted by Gasteiger charge is -2.26. The first-order valence-electron chi connectivity index (χ1n) is 9.96. The second kappa shape index (κ2) is 8.52. The van der Waals surface area contributed by atoms with Crippen molar-refractivity contribution in [2.24, 2.45) is 0 Å². The van der Waals surface area contributed by atoms with Gasteiger partial charge < -0.3 is 14.7 Å². The molecule has 0 radical (unpaired) electrons. The summed E-state index contributed by atoms with van der Waals surface area (Å²) in [4.78, 5) is 27.2. The zero-order valence-electron chi connectivity index (χ0n) is 17.3. The number of hydrogen-bond acceptors (Lipinski definition) is 4. The molecule has 29 heavy (non-hydrogen) atoms. The average Bonchev–Trinajstić information content (AvgIpc) is 2.93. The van der Waals surface area contributed by atoms with E-state index in [1.54, 1.807) is 29.2 Å². The number of nitrogens with zero attached hydrogens (tertiary/aromatic N) is 1. The smallest absolute Gasteiger partial charge is 0.295 e. The first-order chi connectivity index (χ1) is 13.8. The Morgan fingerprint density at radius 3 is 2.34 bits per heavy atom. The third-order valence-electron chi connectivity index (χ3n) is 4.99.